The van der Waals surface area contributed by atoms with Gasteiger partial charge in [0.15, 0.2) is 0 Å². The minimum atomic E-state index is 0.432. The van der Waals surface area contributed by atoms with Crippen molar-refractivity contribution < 1.29 is 0 Å². The molecule has 1 aliphatic rings. The molecule has 1 aliphatic carbocycles. The van der Waals surface area contributed by atoms with Crippen LogP contribution in [0.1, 0.15) is 27.2 Å². The van der Waals surface area contributed by atoms with E-state index in [1.165, 1.54) is 6.42 Å². The molecule has 0 spiro atoms. The third-order valence-corrected chi connectivity index (χ3v) is 2.09. The smallest absolute Gasteiger partial charge is 0.0147 e. The molecule has 10 heavy (non-hydrogen) atoms. The summed E-state index contributed by atoms with van der Waals surface area (Å²) in [4.78, 5) is 0. The van der Waals surface area contributed by atoms with E-state index in [-0.39, 0.29) is 0 Å². The first-order chi connectivity index (χ1) is 4.61. The Kier molecular flexibility index (Phi) is 1.98. The summed E-state index contributed by atoms with van der Waals surface area (Å²) in [7, 11) is 0. The molecule has 56 valence electrons. The Morgan fingerprint density at radius 1 is 1.20 bits per heavy atom. The van der Waals surface area contributed by atoms with Gasteiger partial charge in [0.2, 0.25) is 0 Å². The van der Waals surface area contributed by atoms with Crippen LogP contribution in [0.2, 0.25) is 0 Å². The van der Waals surface area contributed by atoms with Crippen LogP contribution in [-0.2, 0) is 0 Å². The highest BCUT2D eigenvalue weighted by molar-refractivity contribution is 5.12. The maximum absolute atomic E-state index is 2.31. The molecule has 0 fully saturated rings. The molecule has 0 N–H and O–H groups in total. The van der Waals surface area contributed by atoms with Crippen molar-refractivity contribution in [2.75, 3.05) is 0 Å². The summed E-state index contributed by atoms with van der Waals surface area (Å²) in [5.74, 6) is 0.734. The normalized spacial score (nSPS) is 25.3. The van der Waals surface area contributed by atoms with Gasteiger partial charge in [-0.25, -0.2) is 0 Å². The van der Waals surface area contributed by atoms with Crippen molar-refractivity contribution in [3.05, 3.63) is 24.3 Å². The van der Waals surface area contributed by atoms with E-state index in [2.05, 4.69) is 45.1 Å². The van der Waals surface area contributed by atoms with Crippen LogP contribution in [0.3, 0.4) is 0 Å². The molecule has 0 aliphatic heterocycles. The molecule has 0 unspecified atom stereocenters. The molecule has 1 atom stereocenters. The van der Waals surface area contributed by atoms with Crippen LogP contribution >= 0.6 is 0 Å². The van der Waals surface area contributed by atoms with Crippen LogP contribution < -0.4 is 0 Å². The maximum Gasteiger partial charge on any atom is -0.0147 e. The second-order valence-corrected chi connectivity index (χ2v) is 4.02. The largest absolute Gasteiger partial charge is 0.0839 e. The second-order valence-electron chi connectivity index (χ2n) is 4.02. The number of rotatable bonds is 0. The van der Waals surface area contributed by atoms with Gasteiger partial charge in [0.1, 0.15) is 0 Å². The van der Waals surface area contributed by atoms with E-state index in [1.54, 1.807) is 0 Å². The molecule has 0 nitrogen and oxygen atoms in total. The zero-order valence-corrected chi connectivity index (χ0v) is 7.09. The molecule has 0 aromatic heterocycles. The summed E-state index contributed by atoms with van der Waals surface area (Å²) in [6, 6.07) is 0. The summed E-state index contributed by atoms with van der Waals surface area (Å²) in [5.41, 5.74) is 0.432. The minimum Gasteiger partial charge on any atom is -0.0839 e. The average Bonchev–Trinajstić information content (AvgIpc) is 1.88. The first-order valence-corrected chi connectivity index (χ1v) is 3.94. The number of allylic oxidation sites excluding steroid dienone is 4. The van der Waals surface area contributed by atoms with Gasteiger partial charge in [-0.15, -0.1) is 0 Å². The number of hydrogen-bond acceptors (Lipinski definition) is 0. The Labute approximate surface area is 63.6 Å². The SMILES string of the molecule is CC(C)(C)[C@H]1C=CC=CC1. The minimum absolute atomic E-state index is 0.432. The maximum atomic E-state index is 2.31. The average molecular weight is 136 g/mol. The van der Waals surface area contributed by atoms with E-state index in [4.69, 9.17) is 0 Å². The summed E-state index contributed by atoms with van der Waals surface area (Å²) >= 11 is 0. The Bertz CT molecular complexity index is 155. The van der Waals surface area contributed by atoms with Gasteiger partial charge in [-0.1, -0.05) is 45.1 Å². The lowest BCUT2D eigenvalue weighted by Gasteiger charge is -2.28. The van der Waals surface area contributed by atoms with Crippen molar-refractivity contribution in [1.29, 1.82) is 0 Å². The second kappa shape index (κ2) is 2.61. The topological polar surface area (TPSA) is 0 Å². The molecule has 0 amide bonds. The van der Waals surface area contributed by atoms with Gasteiger partial charge in [0, 0.05) is 0 Å². The molecule has 0 heteroatoms. The zero-order chi connectivity index (χ0) is 7.61. The summed E-state index contributed by atoms with van der Waals surface area (Å²) in [6.07, 6.45) is 10.0. The lowest BCUT2D eigenvalue weighted by atomic mass is 9.77. The molecule has 0 heterocycles. The Hall–Kier alpha value is -0.520. The predicted molar refractivity (Wildman–Crippen MR) is 45.8 cm³/mol. The van der Waals surface area contributed by atoms with Crippen molar-refractivity contribution in [1.82, 2.24) is 0 Å². The summed E-state index contributed by atoms with van der Waals surface area (Å²) in [6.45, 7) is 6.88. The molecule has 0 aromatic carbocycles. The van der Waals surface area contributed by atoms with Crippen molar-refractivity contribution in [2.24, 2.45) is 11.3 Å². The van der Waals surface area contributed by atoms with Crippen LogP contribution in [0.25, 0.3) is 0 Å². The van der Waals surface area contributed by atoms with Crippen LogP contribution in [-0.4, -0.2) is 0 Å². The first-order valence-electron chi connectivity index (χ1n) is 3.94. The number of hydrogen-bond donors (Lipinski definition) is 0. The molecular formula is C10H16. The van der Waals surface area contributed by atoms with Crippen LogP contribution in [0.15, 0.2) is 24.3 Å². The standard InChI is InChI=1S/C10H16/c1-10(2,3)9-7-5-4-6-8-9/h4-7,9H,8H2,1-3H3/t9-/m0/s1. The third kappa shape index (κ3) is 1.73. The van der Waals surface area contributed by atoms with E-state index in [9.17, 15) is 0 Å². The molecule has 0 saturated heterocycles. The van der Waals surface area contributed by atoms with Gasteiger partial charge in [-0.3, -0.25) is 0 Å². The van der Waals surface area contributed by atoms with Crippen LogP contribution in [0.5, 0.6) is 0 Å². The van der Waals surface area contributed by atoms with E-state index >= 15 is 0 Å². The van der Waals surface area contributed by atoms with Gasteiger partial charge in [-0.05, 0) is 17.8 Å². The van der Waals surface area contributed by atoms with Crippen molar-refractivity contribution >= 4 is 0 Å². The van der Waals surface area contributed by atoms with E-state index in [0.717, 1.165) is 5.92 Å². The summed E-state index contributed by atoms with van der Waals surface area (Å²) < 4.78 is 0. The van der Waals surface area contributed by atoms with E-state index in [1.807, 2.05) is 0 Å². The summed E-state index contributed by atoms with van der Waals surface area (Å²) in [5, 5.41) is 0. The van der Waals surface area contributed by atoms with Crippen LogP contribution in [0, 0.1) is 11.3 Å². The van der Waals surface area contributed by atoms with E-state index < -0.39 is 0 Å². The molecule has 0 bridgehead atoms. The van der Waals surface area contributed by atoms with Gasteiger partial charge in [-0.2, -0.15) is 0 Å². The molecule has 0 saturated carbocycles. The highest BCUT2D eigenvalue weighted by Crippen LogP contribution is 2.31. The molecular weight excluding hydrogens is 120 g/mol. The van der Waals surface area contributed by atoms with Gasteiger partial charge < -0.3 is 0 Å². The van der Waals surface area contributed by atoms with Crippen molar-refractivity contribution in [2.45, 2.75) is 27.2 Å². The fourth-order valence-electron chi connectivity index (χ4n) is 1.22. The molecule has 0 radical (unpaired) electrons. The van der Waals surface area contributed by atoms with Crippen LogP contribution in [0.4, 0.5) is 0 Å². The predicted octanol–water partition coefficient (Wildman–Crippen LogP) is 3.16. The fraction of sp³-hybridized carbons (Fsp3) is 0.600. The van der Waals surface area contributed by atoms with Gasteiger partial charge in [0.05, 0.1) is 0 Å². The Morgan fingerprint density at radius 2 is 1.90 bits per heavy atom. The molecule has 0 aromatic rings. The Balaban J connectivity index is 2.60. The zero-order valence-electron chi connectivity index (χ0n) is 7.09. The Morgan fingerprint density at radius 3 is 2.20 bits per heavy atom. The van der Waals surface area contributed by atoms with E-state index in [0.29, 0.717) is 5.41 Å². The lowest BCUT2D eigenvalue weighted by molar-refractivity contribution is 0.293. The molecule has 1 rings (SSSR count). The van der Waals surface area contributed by atoms with Gasteiger partial charge >= 0.3 is 0 Å². The van der Waals surface area contributed by atoms with Crippen molar-refractivity contribution in [3.63, 3.8) is 0 Å². The van der Waals surface area contributed by atoms with Crippen molar-refractivity contribution in [3.8, 4) is 0 Å². The first kappa shape index (κ1) is 7.59. The highest BCUT2D eigenvalue weighted by atomic mass is 14.3. The monoisotopic (exact) mass is 136 g/mol. The fourth-order valence-corrected chi connectivity index (χ4v) is 1.22. The highest BCUT2D eigenvalue weighted by Gasteiger charge is 2.21. The van der Waals surface area contributed by atoms with Gasteiger partial charge in [0.25, 0.3) is 0 Å². The quantitative estimate of drug-likeness (QED) is 0.480. The lowest BCUT2D eigenvalue weighted by Crippen LogP contribution is -2.18. The third-order valence-electron chi connectivity index (χ3n) is 2.09.